The highest BCUT2D eigenvalue weighted by molar-refractivity contribution is 5.62. The van der Waals surface area contributed by atoms with Crippen molar-refractivity contribution in [1.82, 2.24) is 0 Å². The molecule has 0 aliphatic heterocycles. The Bertz CT molecular complexity index is 386. The van der Waals surface area contributed by atoms with Crippen molar-refractivity contribution in [2.75, 3.05) is 18.9 Å². The molecule has 1 aliphatic carbocycles. The molecule has 1 fully saturated rings. The Morgan fingerprint density at radius 1 is 1.11 bits per heavy atom. The number of nitrogen functional groups attached to an aromatic ring is 1. The quantitative estimate of drug-likeness (QED) is 0.788. The number of ether oxygens (including phenoxy) is 2. The van der Waals surface area contributed by atoms with Crippen LogP contribution in [0.1, 0.15) is 45.4 Å². The third-order valence-corrected chi connectivity index (χ3v) is 3.69. The first-order valence-electron chi connectivity index (χ1n) is 7.45. The smallest absolute Gasteiger partial charge is 0.146 e. The minimum atomic E-state index is 0.631. The standard InChI is InChI=1S/C16H25NO2/c1-2-11-18-14-9-6-10-15(16(14)17)19-12-13-7-4-3-5-8-13/h6,9-10,13H,2-5,7-8,11-12,17H2,1H3. The normalized spacial score (nSPS) is 16.3. The molecule has 1 saturated carbocycles. The van der Waals surface area contributed by atoms with E-state index in [0.29, 0.717) is 18.2 Å². The van der Waals surface area contributed by atoms with Gasteiger partial charge in [0.15, 0.2) is 0 Å². The summed E-state index contributed by atoms with van der Waals surface area (Å²) in [6.07, 6.45) is 7.59. The summed E-state index contributed by atoms with van der Waals surface area (Å²) >= 11 is 0. The van der Waals surface area contributed by atoms with Crippen LogP contribution in [0.3, 0.4) is 0 Å². The van der Waals surface area contributed by atoms with Crippen LogP contribution in [-0.2, 0) is 0 Å². The van der Waals surface area contributed by atoms with Crippen LogP contribution in [0.5, 0.6) is 11.5 Å². The SMILES string of the molecule is CCCOc1cccc(OCC2CCCCC2)c1N. The number of benzene rings is 1. The first-order valence-corrected chi connectivity index (χ1v) is 7.45. The summed E-state index contributed by atoms with van der Waals surface area (Å²) in [6.45, 7) is 3.55. The second-order valence-corrected chi connectivity index (χ2v) is 5.33. The number of para-hydroxylation sites is 1. The van der Waals surface area contributed by atoms with E-state index in [2.05, 4.69) is 6.92 Å². The molecule has 0 bridgehead atoms. The minimum absolute atomic E-state index is 0.631. The monoisotopic (exact) mass is 263 g/mol. The molecule has 1 aliphatic rings. The molecule has 0 heterocycles. The highest BCUT2D eigenvalue weighted by Crippen LogP contribution is 2.32. The van der Waals surface area contributed by atoms with Gasteiger partial charge in [0.25, 0.3) is 0 Å². The van der Waals surface area contributed by atoms with E-state index in [1.165, 1.54) is 32.1 Å². The van der Waals surface area contributed by atoms with Gasteiger partial charge >= 0.3 is 0 Å². The molecule has 19 heavy (non-hydrogen) atoms. The first-order chi connectivity index (χ1) is 9.31. The largest absolute Gasteiger partial charge is 0.491 e. The zero-order valence-corrected chi connectivity index (χ0v) is 11.9. The lowest BCUT2D eigenvalue weighted by Gasteiger charge is -2.22. The van der Waals surface area contributed by atoms with Crippen LogP contribution in [0, 0.1) is 5.92 Å². The van der Waals surface area contributed by atoms with Crippen molar-refractivity contribution < 1.29 is 9.47 Å². The van der Waals surface area contributed by atoms with Crippen LogP contribution in [0.4, 0.5) is 5.69 Å². The summed E-state index contributed by atoms with van der Waals surface area (Å²) in [5.74, 6) is 2.19. The average molecular weight is 263 g/mol. The number of hydrogen-bond acceptors (Lipinski definition) is 3. The third kappa shape index (κ3) is 4.05. The van der Waals surface area contributed by atoms with Crippen molar-refractivity contribution in [3.8, 4) is 11.5 Å². The zero-order valence-electron chi connectivity index (χ0n) is 11.9. The van der Waals surface area contributed by atoms with Gasteiger partial charge in [0.1, 0.15) is 17.2 Å². The Labute approximate surface area is 116 Å². The summed E-state index contributed by atoms with van der Waals surface area (Å²) in [6, 6.07) is 5.77. The second kappa shape index (κ2) is 7.27. The van der Waals surface area contributed by atoms with E-state index in [1.54, 1.807) is 0 Å². The van der Waals surface area contributed by atoms with Crippen molar-refractivity contribution >= 4 is 5.69 Å². The van der Waals surface area contributed by atoms with E-state index < -0.39 is 0 Å². The van der Waals surface area contributed by atoms with Gasteiger partial charge in [-0.1, -0.05) is 32.3 Å². The fraction of sp³-hybridized carbons (Fsp3) is 0.625. The summed E-state index contributed by atoms with van der Waals surface area (Å²) in [5, 5.41) is 0. The fourth-order valence-corrected chi connectivity index (χ4v) is 2.55. The highest BCUT2D eigenvalue weighted by Gasteiger charge is 2.15. The van der Waals surface area contributed by atoms with E-state index in [1.807, 2.05) is 18.2 Å². The van der Waals surface area contributed by atoms with E-state index in [4.69, 9.17) is 15.2 Å². The van der Waals surface area contributed by atoms with Gasteiger partial charge < -0.3 is 15.2 Å². The molecule has 106 valence electrons. The lowest BCUT2D eigenvalue weighted by Crippen LogP contribution is -2.15. The molecule has 0 saturated heterocycles. The van der Waals surface area contributed by atoms with Gasteiger partial charge in [-0.05, 0) is 37.3 Å². The molecule has 0 amide bonds. The van der Waals surface area contributed by atoms with Crippen molar-refractivity contribution in [2.24, 2.45) is 5.92 Å². The number of hydrogen-bond donors (Lipinski definition) is 1. The van der Waals surface area contributed by atoms with Crippen molar-refractivity contribution in [1.29, 1.82) is 0 Å². The highest BCUT2D eigenvalue weighted by atomic mass is 16.5. The van der Waals surface area contributed by atoms with E-state index in [0.717, 1.165) is 24.5 Å². The Hall–Kier alpha value is -1.38. The maximum Gasteiger partial charge on any atom is 0.146 e. The Morgan fingerprint density at radius 3 is 2.47 bits per heavy atom. The van der Waals surface area contributed by atoms with Gasteiger partial charge in [-0.25, -0.2) is 0 Å². The first kappa shape index (κ1) is 14.0. The minimum Gasteiger partial charge on any atom is -0.491 e. The summed E-state index contributed by atoms with van der Waals surface area (Å²) in [4.78, 5) is 0. The van der Waals surface area contributed by atoms with Gasteiger partial charge in [-0.2, -0.15) is 0 Å². The molecular weight excluding hydrogens is 238 g/mol. The van der Waals surface area contributed by atoms with Crippen LogP contribution in [0.2, 0.25) is 0 Å². The van der Waals surface area contributed by atoms with Crippen molar-refractivity contribution in [2.45, 2.75) is 45.4 Å². The molecule has 1 aromatic carbocycles. The van der Waals surface area contributed by atoms with Crippen molar-refractivity contribution in [3.63, 3.8) is 0 Å². The Kier molecular flexibility index (Phi) is 5.37. The average Bonchev–Trinajstić information content (AvgIpc) is 2.46. The lowest BCUT2D eigenvalue weighted by molar-refractivity contribution is 0.209. The molecule has 0 spiro atoms. The molecule has 3 heteroatoms. The number of nitrogens with two attached hydrogens (primary N) is 1. The topological polar surface area (TPSA) is 44.5 Å². The van der Waals surface area contributed by atoms with Gasteiger partial charge in [0.2, 0.25) is 0 Å². The second-order valence-electron chi connectivity index (χ2n) is 5.33. The summed E-state index contributed by atoms with van der Waals surface area (Å²) < 4.78 is 11.5. The van der Waals surface area contributed by atoms with Crippen LogP contribution >= 0.6 is 0 Å². The van der Waals surface area contributed by atoms with Crippen LogP contribution in [0.25, 0.3) is 0 Å². The van der Waals surface area contributed by atoms with Gasteiger partial charge in [-0.15, -0.1) is 0 Å². The predicted octanol–water partition coefficient (Wildman–Crippen LogP) is 4.02. The maximum absolute atomic E-state index is 6.09. The summed E-state index contributed by atoms with van der Waals surface area (Å²) in [5.41, 5.74) is 6.72. The molecule has 1 aromatic rings. The molecular formula is C16H25NO2. The Balaban J connectivity index is 1.91. The molecule has 2 N–H and O–H groups in total. The molecule has 0 atom stereocenters. The predicted molar refractivity (Wildman–Crippen MR) is 78.7 cm³/mol. The van der Waals surface area contributed by atoms with E-state index in [9.17, 15) is 0 Å². The molecule has 0 aromatic heterocycles. The summed E-state index contributed by atoms with van der Waals surface area (Å²) in [7, 11) is 0. The third-order valence-electron chi connectivity index (χ3n) is 3.69. The van der Waals surface area contributed by atoms with Gasteiger partial charge in [-0.3, -0.25) is 0 Å². The van der Waals surface area contributed by atoms with Crippen molar-refractivity contribution in [3.05, 3.63) is 18.2 Å². The Morgan fingerprint density at radius 2 is 1.79 bits per heavy atom. The number of rotatable bonds is 6. The lowest BCUT2D eigenvalue weighted by atomic mass is 9.90. The van der Waals surface area contributed by atoms with Crippen LogP contribution < -0.4 is 15.2 Å². The maximum atomic E-state index is 6.09. The van der Waals surface area contributed by atoms with Crippen LogP contribution in [0.15, 0.2) is 18.2 Å². The van der Waals surface area contributed by atoms with E-state index in [-0.39, 0.29) is 0 Å². The molecule has 0 unspecified atom stereocenters. The van der Waals surface area contributed by atoms with E-state index >= 15 is 0 Å². The number of anilines is 1. The van der Waals surface area contributed by atoms with Gasteiger partial charge in [0.05, 0.1) is 13.2 Å². The molecule has 2 rings (SSSR count). The zero-order chi connectivity index (χ0) is 13.5. The van der Waals surface area contributed by atoms with Gasteiger partial charge in [0, 0.05) is 0 Å². The fourth-order valence-electron chi connectivity index (χ4n) is 2.55. The molecule has 3 nitrogen and oxygen atoms in total. The van der Waals surface area contributed by atoms with Crippen LogP contribution in [-0.4, -0.2) is 13.2 Å². The molecule has 0 radical (unpaired) electrons.